The summed E-state index contributed by atoms with van der Waals surface area (Å²) in [4.78, 5) is 27.6. The van der Waals surface area contributed by atoms with Gasteiger partial charge >= 0.3 is 0 Å². The van der Waals surface area contributed by atoms with Gasteiger partial charge in [0.1, 0.15) is 17.5 Å². The fourth-order valence-corrected chi connectivity index (χ4v) is 3.96. The van der Waals surface area contributed by atoms with Crippen molar-refractivity contribution in [2.45, 2.75) is 25.7 Å². The number of anilines is 1. The minimum Gasteiger partial charge on any atom is -0.397 e. The van der Waals surface area contributed by atoms with Crippen LogP contribution in [0.25, 0.3) is 11.3 Å². The molecule has 3 heterocycles. The van der Waals surface area contributed by atoms with Crippen LogP contribution in [0.1, 0.15) is 30.8 Å². The summed E-state index contributed by atoms with van der Waals surface area (Å²) in [5, 5.41) is 0. The zero-order chi connectivity index (χ0) is 22.0. The maximum absolute atomic E-state index is 14.1. The number of carbonyl (C=O) groups excluding carboxylic acids is 1. The van der Waals surface area contributed by atoms with Crippen LogP contribution in [0.15, 0.2) is 48.8 Å². The second-order valence-electron chi connectivity index (χ2n) is 7.71. The lowest BCUT2D eigenvalue weighted by Crippen LogP contribution is -2.52. The van der Waals surface area contributed by atoms with Gasteiger partial charge in [0.25, 0.3) is 0 Å². The van der Waals surface area contributed by atoms with Crippen molar-refractivity contribution in [2.75, 3.05) is 18.8 Å². The first-order valence-corrected chi connectivity index (χ1v) is 10.2. The van der Waals surface area contributed by atoms with Crippen LogP contribution in [-0.4, -0.2) is 38.8 Å². The van der Waals surface area contributed by atoms with Crippen molar-refractivity contribution < 1.29 is 13.6 Å². The molecule has 6 nitrogen and oxygen atoms in total. The number of nitrogens with two attached hydrogens (primary N) is 1. The number of pyridine rings is 1. The van der Waals surface area contributed by atoms with E-state index in [1.165, 1.54) is 12.1 Å². The fraction of sp³-hybridized carbons (Fsp3) is 0.304. The average molecular weight is 423 g/mol. The second kappa shape index (κ2) is 8.75. The maximum atomic E-state index is 14.1. The molecule has 31 heavy (non-hydrogen) atoms. The Bertz CT molecular complexity index is 1090. The maximum Gasteiger partial charge on any atom is 0.228 e. The Morgan fingerprint density at radius 2 is 1.94 bits per heavy atom. The molecule has 4 rings (SSSR count). The molecule has 0 bridgehead atoms. The van der Waals surface area contributed by atoms with Crippen LogP contribution in [0.5, 0.6) is 0 Å². The number of likely N-dealkylation sites (tertiary alicyclic amines) is 1. The van der Waals surface area contributed by atoms with Crippen LogP contribution < -0.4 is 5.73 Å². The number of aromatic nitrogens is 3. The van der Waals surface area contributed by atoms with Crippen LogP contribution >= 0.6 is 0 Å². The van der Waals surface area contributed by atoms with Crippen LogP contribution in [0, 0.1) is 17.6 Å². The lowest BCUT2D eigenvalue weighted by Gasteiger charge is -2.42. The van der Waals surface area contributed by atoms with Gasteiger partial charge in [-0.3, -0.25) is 9.78 Å². The summed E-state index contributed by atoms with van der Waals surface area (Å²) in [6.07, 6.45) is 4.39. The van der Waals surface area contributed by atoms with Gasteiger partial charge in [-0.05, 0) is 36.8 Å². The number of rotatable bonds is 6. The Morgan fingerprint density at radius 3 is 2.61 bits per heavy atom. The standard InChI is InChI=1S/C23H23F2N5O/c1-2-16(23-27-8-3-9-28-23)14-12-30(13-14)22(31)11-21-19(26)6-7-20(29-21)17-5-4-15(24)10-18(17)25/h3-10,14,16H,2,11-13,26H2,1H3. The van der Waals surface area contributed by atoms with Crippen molar-refractivity contribution in [3.8, 4) is 11.3 Å². The summed E-state index contributed by atoms with van der Waals surface area (Å²) < 4.78 is 27.3. The summed E-state index contributed by atoms with van der Waals surface area (Å²) in [6.45, 7) is 3.35. The summed E-state index contributed by atoms with van der Waals surface area (Å²) in [6, 6.07) is 8.24. The molecule has 1 unspecified atom stereocenters. The lowest BCUT2D eigenvalue weighted by molar-refractivity contribution is -0.137. The molecule has 3 aromatic rings. The predicted octanol–water partition coefficient (Wildman–Crippen LogP) is 3.59. The Kier molecular flexibility index (Phi) is 5.88. The van der Waals surface area contributed by atoms with E-state index in [1.54, 1.807) is 35.5 Å². The van der Waals surface area contributed by atoms with Crippen LogP contribution in [0.4, 0.5) is 14.5 Å². The van der Waals surface area contributed by atoms with Gasteiger partial charge in [-0.25, -0.2) is 18.7 Å². The summed E-state index contributed by atoms with van der Waals surface area (Å²) >= 11 is 0. The highest BCUT2D eigenvalue weighted by Gasteiger charge is 2.37. The molecular formula is C23H23F2N5O. The molecule has 1 atom stereocenters. The van der Waals surface area contributed by atoms with E-state index in [1.807, 2.05) is 0 Å². The Hall–Kier alpha value is -3.42. The molecule has 0 saturated carbocycles. The smallest absolute Gasteiger partial charge is 0.228 e. The third-order valence-electron chi connectivity index (χ3n) is 5.72. The van der Waals surface area contributed by atoms with E-state index in [0.29, 0.717) is 36.1 Å². The van der Waals surface area contributed by atoms with E-state index in [0.717, 1.165) is 18.3 Å². The zero-order valence-electron chi connectivity index (χ0n) is 17.1. The van der Waals surface area contributed by atoms with Gasteiger partial charge in [0.05, 0.1) is 23.5 Å². The number of nitrogens with zero attached hydrogens (tertiary/aromatic N) is 4. The monoisotopic (exact) mass is 423 g/mol. The molecule has 1 aliphatic heterocycles. The van der Waals surface area contributed by atoms with E-state index in [2.05, 4.69) is 21.9 Å². The highest BCUT2D eigenvalue weighted by molar-refractivity contribution is 5.81. The number of hydrogen-bond acceptors (Lipinski definition) is 5. The third-order valence-corrected chi connectivity index (χ3v) is 5.72. The Labute approximate surface area is 179 Å². The summed E-state index contributed by atoms with van der Waals surface area (Å²) in [7, 11) is 0. The average Bonchev–Trinajstić information content (AvgIpc) is 2.72. The summed E-state index contributed by atoms with van der Waals surface area (Å²) in [5.74, 6) is -0.142. The normalized spacial score (nSPS) is 14.9. The topological polar surface area (TPSA) is 85.0 Å². The first-order valence-electron chi connectivity index (χ1n) is 10.2. The number of benzene rings is 1. The van der Waals surface area contributed by atoms with E-state index in [-0.39, 0.29) is 23.8 Å². The molecule has 1 aliphatic rings. The van der Waals surface area contributed by atoms with Gasteiger partial charge in [0.2, 0.25) is 5.91 Å². The molecule has 1 saturated heterocycles. The Morgan fingerprint density at radius 1 is 1.19 bits per heavy atom. The largest absolute Gasteiger partial charge is 0.397 e. The van der Waals surface area contributed by atoms with E-state index in [9.17, 15) is 13.6 Å². The molecule has 2 aromatic heterocycles. The van der Waals surface area contributed by atoms with Crippen LogP contribution in [0.3, 0.4) is 0 Å². The highest BCUT2D eigenvalue weighted by Crippen LogP contribution is 2.33. The van der Waals surface area contributed by atoms with Crippen molar-refractivity contribution in [3.63, 3.8) is 0 Å². The van der Waals surface area contributed by atoms with Crippen molar-refractivity contribution in [1.29, 1.82) is 0 Å². The van der Waals surface area contributed by atoms with Gasteiger partial charge in [-0.15, -0.1) is 0 Å². The molecule has 2 N–H and O–H groups in total. The molecule has 0 spiro atoms. The second-order valence-corrected chi connectivity index (χ2v) is 7.71. The lowest BCUT2D eigenvalue weighted by atomic mass is 9.83. The molecule has 8 heteroatoms. The molecule has 1 amide bonds. The van der Waals surface area contributed by atoms with Crippen LogP contribution in [-0.2, 0) is 11.2 Å². The van der Waals surface area contributed by atoms with Gasteiger partial charge in [0.15, 0.2) is 0 Å². The fourth-order valence-electron chi connectivity index (χ4n) is 3.96. The van der Waals surface area contributed by atoms with E-state index >= 15 is 0 Å². The highest BCUT2D eigenvalue weighted by atomic mass is 19.1. The SMILES string of the molecule is CCC(c1ncccn1)C1CN(C(=O)Cc2nc(-c3ccc(F)cc3F)ccc2N)C1. The number of nitrogen functional groups attached to an aromatic ring is 1. The van der Waals surface area contributed by atoms with Gasteiger partial charge in [0, 0.05) is 48.9 Å². The number of hydrogen-bond donors (Lipinski definition) is 1. The summed E-state index contributed by atoms with van der Waals surface area (Å²) in [5.41, 5.74) is 7.22. The first kappa shape index (κ1) is 20.8. The molecule has 160 valence electrons. The van der Waals surface area contributed by atoms with Crippen molar-refractivity contribution in [2.24, 2.45) is 5.92 Å². The minimum absolute atomic E-state index is 0.0217. The molecular weight excluding hydrogens is 400 g/mol. The molecule has 0 radical (unpaired) electrons. The predicted molar refractivity (Wildman–Crippen MR) is 113 cm³/mol. The minimum atomic E-state index is -0.714. The third kappa shape index (κ3) is 4.38. The molecule has 1 aromatic carbocycles. The first-order chi connectivity index (χ1) is 15.0. The van der Waals surface area contributed by atoms with Crippen LogP contribution in [0.2, 0.25) is 0 Å². The van der Waals surface area contributed by atoms with Gasteiger partial charge in [-0.2, -0.15) is 0 Å². The number of halogens is 2. The van der Waals surface area contributed by atoms with E-state index in [4.69, 9.17) is 5.73 Å². The quantitative estimate of drug-likeness (QED) is 0.655. The number of amides is 1. The zero-order valence-corrected chi connectivity index (χ0v) is 17.1. The van der Waals surface area contributed by atoms with Crippen molar-refractivity contribution in [3.05, 3.63) is 71.9 Å². The van der Waals surface area contributed by atoms with E-state index < -0.39 is 11.6 Å². The van der Waals surface area contributed by atoms with Crippen molar-refractivity contribution in [1.82, 2.24) is 19.9 Å². The molecule has 1 fully saturated rings. The van der Waals surface area contributed by atoms with Gasteiger partial charge in [-0.1, -0.05) is 6.92 Å². The van der Waals surface area contributed by atoms with Crippen molar-refractivity contribution >= 4 is 11.6 Å². The Balaban J connectivity index is 1.44. The van der Waals surface area contributed by atoms with Gasteiger partial charge < -0.3 is 10.6 Å². The molecule has 0 aliphatic carbocycles. The number of carbonyl (C=O) groups is 1.